The van der Waals surface area contributed by atoms with E-state index in [0.29, 0.717) is 11.6 Å². The van der Waals surface area contributed by atoms with Crippen molar-refractivity contribution in [2.75, 3.05) is 5.88 Å². The number of rotatable bonds is 4. The number of aromatic hydroxyl groups is 1. The van der Waals surface area contributed by atoms with Crippen LogP contribution in [0.3, 0.4) is 0 Å². The summed E-state index contributed by atoms with van der Waals surface area (Å²) in [4.78, 5) is 0. The summed E-state index contributed by atoms with van der Waals surface area (Å²) >= 11 is 5.86. The summed E-state index contributed by atoms with van der Waals surface area (Å²) in [5.74, 6) is 0.829. The van der Waals surface area contributed by atoms with E-state index >= 15 is 0 Å². The molecule has 0 heterocycles. The Morgan fingerprint density at radius 2 is 2.29 bits per heavy atom. The van der Waals surface area contributed by atoms with Gasteiger partial charge in [0.1, 0.15) is 5.75 Å². The van der Waals surface area contributed by atoms with Gasteiger partial charge in [-0.15, -0.1) is 18.2 Å². The second-order valence-corrected chi connectivity index (χ2v) is 4.11. The van der Waals surface area contributed by atoms with Crippen LogP contribution in [0.25, 0.3) is 0 Å². The molecule has 0 bridgehead atoms. The SMILES string of the molecule is C=CC(C)(CCl)Cc1cccc(O)c1. The van der Waals surface area contributed by atoms with E-state index in [-0.39, 0.29) is 5.41 Å². The second-order valence-electron chi connectivity index (χ2n) is 3.84. The van der Waals surface area contributed by atoms with Crippen LogP contribution in [0, 0.1) is 5.41 Å². The summed E-state index contributed by atoms with van der Waals surface area (Å²) < 4.78 is 0. The summed E-state index contributed by atoms with van der Waals surface area (Å²) in [6.07, 6.45) is 2.67. The van der Waals surface area contributed by atoms with Crippen LogP contribution in [-0.2, 0) is 6.42 Å². The van der Waals surface area contributed by atoms with Crippen molar-refractivity contribution in [3.63, 3.8) is 0 Å². The van der Waals surface area contributed by atoms with Crippen molar-refractivity contribution >= 4 is 11.6 Å². The first-order valence-corrected chi connectivity index (χ1v) is 5.10. The van der Waals surface area contributed by atoms with Gasteiger partial charge in [0.25, 0.3) is 0 Å². The molecule has 76 valence electrons. The predicted octanol–water partition coefficient (Wildman–Crippen LogP) is 3.37. The minimum absolute atomic E-state index is 0.102. The van der Waals surface area contributed by atoms with Crippen LogP contribution in [0.15, 0.2) is 36.9 Å². The van der Waals surface area contributed by atoms with Gasteiger partial charge in [-0.25, -0.2) is 0 Å². The normalized spacial score (nSPS) is 14.7. The highest BCUT2D eigenvalue weighted by atomic mass is 35.5. The Labute approximate surface area is 90.0 Å². The van der Waals surface area contributed by atoms with Gasteiger partial charge in [-0.2, -0.15) is 0 Å². The Hall–Kier alpha value is -0.950. The molecule has 0 aliphatic carbocycles. The van der Waals surface area contributed by atoms with Crippen molar-refractivity contribution in [3.05, 3.63) is 42.5 Å². The molecule has 1 atom stereocenters. The van der Waals surface area contributed by atoms with Crippen LogP contribution in [0.1, 0.15) is 12.5 Å². The fraction of sp³-hybridized carbons (Fsp3) is 0.333. The fourth-order valence-electron chi connectivity index (χ4n) is 1.31. The third-order valence-electron chi connectivity index (χ3n) is 2.32. The molecule has 0 saturated heterocycles. The first-order chi connectivity index (χ1) is 6.59. The van der Waals surface area contributed by atoms with Crippen LogP contribution >= 0.6 is 11.6 Å². The van der Waals surface area contributed by atoms with E-state index in [2.05, 4.69) is 13.5 Å². The second kappa shape index (κ2) is 4.52. The molecule has 0 saturated carbocycles. The number of hydrogen-bond donors (Lipinski definition) is 1. The van der Waals surface area contributed by atoms with Gasteiger partial charge >= 0.3 is 0 Å². The number of hydrogen-bond acceptors (Lipinski definition) is 1. The Morgan fingerprint density at radius 1 is 1.57 bits per heavy atom. The first kappa shape index (κ1) is 11.1. The summed E-state index contributed by atoms with van der Waals surface area (Å²) in [6.45, 7) is 5.83. The van der Waals surface area contributed by atoms with Crippen LogP contribution in [0.5, 0.6) is 5.75 Å². The fourth-order valence-corrected chi connectivity index (χ4v) is 1.51. The number of benzene rings is 1. The summed E-state index contributed by atoms with van der Waals surface area (Å²) in [5.41, 5.74) is 0.975. The number of phenols is 1. The molecular formula is C12H15ClO. The molecule has 1 N–H and O–H groups in total. The standard InChI is InChI=1S/C12H15ClO/c1-3-12(2,9-13)8-10-5-4-6-11(14)7-10/h3-7,14H,1,8-9H2,2H3. The van der Waals surface area contributed by atoms with Gasteiger partial charge in [0.2, 0.25) is 0 Å². The van der Waals surface area contributed by atoms with Crippen molar-refractivity contribution in [1.82, 2.24) is 0 Å². The van der Waals surface area contributed by atoms with Crippen LogP contribution in [-0.4, -0.2) is 11.0 Å². The molecule has 0 amide bonds. The van der Waals surface area contributed by atoms with E-state index in [9.17, 15) is 5.11 Å². The number of halogens is 1. The zero-order valence-corrected chi connectivity index (χ0v) is 9.09. The van der Waals surface area contributed by atoms with Crippen molar-refractivity contribution in [3.8, 4) is 5.75 Å². The quantitative estimate of drug-likeness (QED) is 0.597. The lowest BCUT2D eigenvalue weighted by Crippen LogP contribution is -2.18. The Bertz CT molecular complexity index is 322. The number of phenolic OH excluding ortho intramolecular Hbond substituents is 1. The molecule has 2 heteroatoms. The molecule has 1 aromatic carbocycles. The van der Waals surface area contributed by atoms with Crippen LogP contribution in [0.4, 0.5) is 0 Å². The molecule has 1 unspecified atom stereocenters. The molecule has 0 aromatic heterocycles. The van der Waals surface area contributed by atoms with Crippen LogP contribution < -0.4 is 0 Å². The van der Waals surface area contributed by atoms with E-state index in [4.69, 9.17) is 11.6 Å². The molecule has 0 fully saturated rings. The minimum atomic E-state index is -0.102. The summed E-state index contributed by atoms with van der Waals surface area (Å²) in [6, 6.07) is 7.24. The Balaban J connectivity index is 2.82. The minimum Gasteiger partial charge on any atom is -0.508 e. The van der Waals surface area contributed by atoms with Gasteiger partial charge in [-0.1, -0.05) is 25.1 Å². The maximum atomic E-state index is 9.30. The lowest BCUT2D eigenvalue weighted by atomic mass is 9.86. The van der Waals surface area contributed by atoms with E-state index in [1.165, 1.54) is 0 Å². The van der Waals surface area contributed by atoms with Crippen molar-refractivity contribution in [1.29, 1.82) is 0 Å². The van der Waals surface area contributed by atoms with E-state index in [1.54, 1.807) is 12.1 Å². The largest absolute Gasteiger partial charge is 0.508 e. The highest BCUT2D eigenvalue weighted by Crippen LogP contribution is 2.26. The highest BCUT2D eigenvalue weighted by Gasteiger charge is 2.19. The van der Waals surface area contributed by atoms with Gasteiger partial charge in [-0.3, -0.25) is 0 Å². The van der Waals surface area contributed by atoms with Crippen molar-refractivity contribution < 1.29 is 5.11 Å². The lowest BCUT2D eigenvalue weighted by molar-refractivity contribution is 0.466. The third kappa shape index (κ3) is 2.78. The Kier molecular flexibility index (Phi) is 3.59. The van der Waals surface area contributed by atoms with E-state index in [1.807, 2.05) is 18.2 Å². The van der Waals surface area contributed by atoms with Gasteiger partial charge in [0.15, 0.2) is 0 Å². The average molecular weight is 211 g/mol. The van der Waals surface area contributed by atoms with Gasteiger partial charge in [-0.05, 0) is 24.1 Å². The highest BCUT2D eigenvalue weighted by molar-refractivity contribution is 6.18. The zero-order chi connectivity index (χ0) is 10.6. The van der Waals surface area contributed by atoms with Crippen LogP contribution in [0.2, 0.25) is 0 Å². The van der Waals surface area contributed by atoms with Gasteiger partial charge in [0, 0.05) is 11.3 Å². The van der Waals surface area contributed by atoms with Gasteiger partial charge in [0.05, 0.1) is 0 Å². The maximum absolute atomic E-state index is 9.30. The monoisotopic (exact) mass is 210 g/mol. The summed E-state index contributed by atoms with van der Waals surface area (Å²) in [5, 5.41) is 9.30. The molecule has 1 rings (SSSR count). The van der Waals surface area contributed by atoms with Gasteiger partial charge < -0.3 is 5.11 Å². The van der Waals surface area contributed by atoms with Crippen molar-refractivity contribution in [2.45, 2.75) is 13.3 Å². The lowest BCUT2D eigenvalue weighted by Gasteiger charge is -2.22. The topological polar surface area (TPSA) is 20.2 Å². The first-order valence-electron chi connectivity index (χ1n) is 4.57. The predicted molar refractivity (Wildman–Crippen MR) is 60.8 cm³/mol. The smallest absolute Gasteiger partial charge is 0.115 e. The number of allylic oxidation sites excluding steroid dienone is 1. The molecule has 0 aliphatic rings. The molecule has 0 spiro atoms. The number of alkyl halides is 1. The third-order valence-corrected chi connectivity index (χ3v) is 2.93. The van der Waals surface area contributed by atoms with E-state index in [0.717, 1.165) is 12.0 Å². The average Bonchev–Trinajstić information content (AvgIpc) is 2.18. The molecular weight excluding hydrogens is 196 g/mol. The zero-order valence-electron chi connectivity index (χ0n) is 8.33. The Morgan fingerprint density at radius 3 is 2.79 bits per heavy atom. The van der Waals surface area contributed by atoms with E-state index < -0.39 is 0 Å². The molecule has 14 heavy (non-hydrogen) atoms. The molecule has 0 radical (unpaired) electrons. The molecule has 1 aromatic rings. The molecule has 1 nitrogen and oxygen atoms in total. The molecule has 0 aliphatic heterocycles. The maximum Gasteiger partial charge on any atom is 0.115 e. The van der Waals surface area contributed by atoms with Crippen molar-refractivity contribution in [2.24, 2.45) is 5.41 Å². The summed E-state index contributed by atoms with van der Waals surface area (Å²) in [7, 11) is 0.